The van der Waals surface area contributed by atoms with Crippen LogP contribution in [0.2, 0.25) is 0 Å². The minimum atomic E-state index is -0.938. The van der Waals surface area contributed by atoms with E-state index in [-0.39, 0.29) is 28.7 Å². The number of amidine groups is 1. The van der Waals surface area contributed by atoms with Gasteiger partial charge in [0.05, 0.1) is 19.4 Å². The van der Waals surface area contributed by atoms with Gasteiger partial charge in [-0.2, -0.15) is 4.68 Å². The fourth-order valence-electron chi connectivity index (χ4n) is 4.10. The van der Waals surface area contributed by atoms with Gasteiger partial charge in [0.2, 0.25) is 0 Å². The van der Waals surface area contributed by atoms with E-state index in [4.69, 9.17) is 46.2 Å². The predicted molar refractivity (Wildman–Crippen MR) is 158 cm³/mol. The predicted octanol–water partition coefficient (Wildman–Crippen LogP) is 2.29. The lowest BCUT2D eigenvalue weighted by Crippen LogP contribution is -2.18. The van der Waals surface area contributed by atoms with Gasteiger partial charge in [-0.1, -0.05) is 0 Å². The van der Waals surface area contributed by atoms with Crippen molar-refractivity contribution in [2.45, 2.75) is 26.3 Å². The number of hydrogen-bond donors (Lipinski definition) is 7. The van der Waals surface area contributed by atoms with Crippen LogP contribution in [0.4, 0.5) is 15.8 Å². The first kappa shape index (κ1) is 32.6. The highest BCUT2D eigenvalue weighted by molar-refractivity contribution is 5.95. The largest absolute Gasteiger partial charge is 0.493 e. The van der Waals surface area contributed by atoms with Gasteiger partial charge in [0, 0.05) is 48.8 Å². The van der Waals surface area contributed by atoms with Crippen molar-refractivity contribution in [1.82, 2.24) is 19.7 Å². The number of aromatic amines is 1. The third-order valence-electron chi connectivity index (χ3n) is 5.87. The topological polar surface area (TPSA) is 245 Å². The summed E-state index contributed by atoms with van der Waals surface area (Å²) in [6.45, 7) is 2.50. The summed E-state index contributed by atoms with van der Waals surface area (Å²) in [6.07, 6.45) is 1.87. The molecule has 44 heavy (non-hydrogen) atoms. The van der Waals surface area contributed by atoms with Gasteiger partial charge in [-0.25, -0.2) is 14.2 Å². The molecule has 16 heteroatoms. The average molecular weight is 611 g/mol. The zero-order valence-electron chi connectivity index (χ0n) is 23.9. The van der Waals surface area contributed by atoms with Crippen molar-refractivity contribution in [2.24, 2.45) is 5.73 Å². The molecule has 9 N–H and O–H groups in total. The first-order valence-electron chi connectivity index (χ1n) is 12.9. The Hall–Kier alpha value is -5.93. The number of nitrogens with two attached hydrogens (primary N) is 2. The van der Waals surface area contributed by atoms with Gasteiger partial charge in [0.15, 0.2) is 23.1 Å². The highest BCUT2D eigenvalue weighted by atomic mass is 19.1. The highest BCUT2D eigenvalue weighted by Crippen LogP contribution is 2.42. The molecule has 0 bridgehead atoms. The highest BCUT2D eigenvalue weighted by Gasteiger charge is 2.31. The molecule has 0 amide bonds. The molecule has 232 valence electrons. The molecule has 1 aliphatic heterocycles. The maximum absolute atomic E-state index is 15.8. The van der Waals surface area contributed by atoms with Crippen molar-refractivity contribution in [1.29, 1.82) is 5.41 Å². The van der Waals surface area contributed by atoms with E-state index < -0.39 is 29.5 Å². The van der Waals surface area contributed by atoms with E-state index in [1.807, 2.05) is 0 Å². The monoisotopic (exact) mass is 610 g/mol. The summed E-state index contributed by atoms with van der Waals surface area (Å²) in [6, 6.07) is 10.5. The number of fused-ring (bicyclic) bond motifs is 1. The number of pyridine rings is 1. The van der Waals surface area contributed by atoms with Crippen molar-refractivity contribution < 1.29 is 33.7 Å². The van der Waals surface area contributed by atoms with Gasteiger partial charge >= 0.3 is 5.69 Å². The Labute approximate surface area is 249 Å². The van der Waals surface area contributed by atoms with Crippen LogP contribution in [0.3, 0.4) is 0 Å². The molecule has 0 unspecified atom stereocenters. The number of anilines is 2. The molecule has 0 saturated carbocycles. The van der Waals surface area contributed by atoms with Gasteiger partial charge in [-0.05, 0) is 42.5 Å². The van der Waals surface area contributed by atoms with Crippen LogP contribution in [0.25, 0.3) is 5.82 Å². The molecule has 3 heterocycles. The Morgan fingerprint density at radius 1 is 1.20 bits per heavy atom. The number of halogens is 1. The smallest absolute Gasteiger partial charge is 0.349 e. The number of carboxylic acids is 2. The number of aliphatic carboxylic acids is 2. The standard InChI is InChI=1S/C24H23FN8O3.2C2H4O2/c1-35-17-11-15(18(25)14-8-10-36-20(14)17)19(30-13-6-4-12(5-7-13)21(27)28)22-31-24(34)33(32-22)23-16(26)3-2-9-29-23;2*1-2(3)4/h2-7,9,11,19,30H,8,10,26H2,1H3,(H3,27,28)(H,31,32,34);2*1H3,(H,3,4)/t19-;;/m0../s1. The van der Waals surface area contributed by atoms with Crippen molar-refractivity contribution in [3.63, 3.8) is 0 Å². The first-order chi connectivity index (χ1) is 20.8. The maximum atomic E-state index is 15.8. The van der Waals surface area contributed by atoms with E-state index in [1.165, 1.54) is 19.4 Å². The minimum absolute atomic E-state index is 0.0801. The SMILES string of the molecule is CC(=O)O.CC(=O)O.COc1cc([C@H](Nc2ccc(C(=N)N)cc2)c2nn(-c3ncccc3N)c(=O)[nH]2)c(F)c2c1OCC2. The number of nitrogens with zero attached hydrogens (tertiary/aromatic N) is 3. The number of hydrogen-bond acceptors (Lipinski definition) is 10. The quantitative estimate of drug-likeness (QED) is 0.118. The van der Waals surface area contributed by atoms with E-state index in [0.29, 0.717) is 41.3 Å². The molecule has 0 aliphatic carbocycles. The summed E-state index contributed by atoms with van der Waals surface area (Å²) < 4.78 is 27.9. The number of carbonyl (C=O) groups is 2. The Morgan fingerprint density at radius 3 is 2.41 bits per heavy atom. The third kappa shape index (κ3) is 7.87. The van der Waals surface area contributed by atoms with Crippen molar-refractivity contribution in [2.75, 3.05) is 24.8 Å². The second-order valence-electron chi connectivity index (χ2n) is 9.14. The molecule has 0 radical (unpaired) electrons. The van der Waals surface area contributed by atoms with E-state index in [1.54, 1.807) is 36.4 Å². The number of rotatable bonds is 7. The summed E-state index contributed by atoms with van der Waals surface area (Å²) >= 11 is 0. The number of carboxylic acid groups (broad SMARTS) is 2. The van der Waals surface area contributed by atoms with Gasteiger partial charge in [-0.3, -0.25) is 20.0 Å². The molecular weight excluding hydrogens is 579 g/mol. The fourth-order valence-corrected chi connectivity index (χ4v) is 4.10. The molecule has 0 spiro atoms. The molecule has 5 rings (SSSR count). The van der Waals surface area contributed by atoms with Gasteiger partial charge in [-0.15, -0.1) is 5.10 Å². The van der Waals surface area contributed by atoms with Crippen molar-refractivity contribution in [3.05, 3.63) is 87.5 Å². The Bertz CT molecular complexity index is 1700. The molecule has 0 fully saturated rings. The molecule has 1 aliphatic rings. The number of aromatic nitrogens is 4. The Balaban J connectivity index is 0.000000592. The number of methoxy groups -OCH3 is 1. The normalized spacial score (nSPS) is 11.8. The fraction of sp³-hybridized carbons (Fsp3) is 0.214. The van der Waals surface area contributed by atoms with Crippen LogP contribution in [0.5, 0.6) is 11.5 Å². The van der Waals surface area contributed by atoms with Gasteiger partial charge in [0.25, 0.3) is 11.9 Å². The van der Waals surface area contributed by atoms with Crippen LogP contribution in [0.15, 0.2) is 53.5 Å². The van der Waals surface area contributed by atoms with E-state index in [9.17, 15) is 4.79 Å². The van der Waals surface area contributed by atoms with Crippen molar-refractivity contribution in [3.8, 4) is 17.3 Å². The minimum Gasteiger partial charge on any atom is -0.493 e. The number of ether oxygens (including phenoxy) is 2. The zero-order chi connectivity index (χ0) is 32.6. The molecule has 1 atom stereocenters. The molecule has 15 nitrogen and oxygen atoms in total. The molecular formula is C28H31FN8O7. The summed E-state index contributed by atoms with van der Waals surface area (Å²) in [7, 11) is 1.47. The van der Waals surface area contributed by atoms with Gasteiger partial charge in [0.1, 0.15) is 17.7 Å². The van der Waals surface area contributed by atoms with Crippen LogP contribution in [0, 0.1) is 11.2 Å². The maximum Gasteiger partial charge on any atom is 0.349 e. The number of nitrogens with one attached hydrogen (secondary N) is 3. The number of benzene rings is 2. The molecule has 2 aromatic heterocycles. The summed E-state index contributed by atoms with van der Waals surface area (Å²) in [4.78, 5) is 37.7. The Morgan fingerprint density at radius 2 is 1.84 bits per heavy atom. The third-order valence-corrected chi connectivity index (χ3v) is 5.87. The zero-order valence-corrected chi connectivity index (χ0v) is 23.9. The summed E-state index contributed by atoms with van der Waals surface area (Å²) in [5.41, 5.74) is 12.9. The molecule has 4 aromatic rings. The molecule has 2 aromatic carbocycles. The summed E-state index contributed by atoms with van der Waals surface area (Å²) in [5, 5.41) is 30.1. The van der Waals surface area contributed by atoms with Crippen LogP contribution in [-0.4, -0.2) is 61.5 Å². The number of H-pyrrole nitrogens is 1. The van der Waals surface area contributed by atoms with Crippen LogP contribution in [-0.2, 0) is 16.0 Å². The lowest BCUT2D eigenvalue weighted by molar-refractivity contribution is -0.135. The first-order valence-corrected chi connectivity index (χ1v) is 12.9. The van der Waals surface area contributed by atoms with Crippen LogP contribution >= 0.6 is 0 Å². The van der Waals surface area contributed by atoms with E-state index in [0.717, 1.165) is 18.5 Å². The van der Waals surface area contributed by atoms with Crippen molar-refractivity contribution >= 4 is 29.1 Å². The second kappa shape index (κ2) is 14.3. The lowest BCUT2D eigenvalue weighted by Gasteiger charge is -2.21. The average Bonchev–Trinajstić information content (AvgIpc) is 3.60. The van der Waals surface area contributed by atoms with Gasteiger partial charge < -0.3 is 36.5 Å². The summed E-state index contributed by atoms with van der Waals surface area (Å²) in [5.74, 6) is -1.23. The lowest BCUT2D eigenvalue weighted by atomic mass is 9.99. The van der Waals surface area contributed by atoms with Crippen LogP contribution in [0.1, 0.15) is 42.4 Å². The van der Waals surface area contributed by atoms with Crippen LogP contribution < -0.4 is 31.9 Å². The Kier molecular flexibility index (Phi) is 10.6. The number of nitrogen functional groups attached to an aromatic ring is 2. The molecule has 0 saturated heterocycles. The second-order valence-corrected chi connectivity index (χ2v) is 9.14. The van der Waals surface area contributed by atoms with E-state index in [2.05, 4.69) is 20.4 Å². The van der Waals surface area contributed by atoms with E-state index >= 15 is 4.39 Å².